The lowest BCUT2D eigenvalue weighted by molar-refractivity contribution is -0.143. The van der Waals surface area contributed by atoms with Gasteiger partial charge in [0.15, 0.2) is 0 Å². The second-order valence-electron chi connectivity index (χ2n) is 8.40. The average molecular weight is 547 g/mol. The summed E-state index contributed by atoms with van der Waals surface area (Å²) in [6.07, 6.45) is -11.4. The van der Waals surface area contributed by atoms with E-state index in [1.807, 2.05) is 5.43 Å². The number of halogens is 6. The van der Waals surface area contributed by atoms with E-state index in [9.17, 15) is 35.9 Å². The Balaban J connectivity index is 1.80. The van der Waals surface area contributed by atoms with Gasteiger partial charge in [-0.2, -0.15) is 26.3 Å². The van der Waals surface area contributed by atoms with Crippen LogP contribution < -0.4 is 16.2 Å². The molecule has 1 aliphatic rings. The minimum Gasteiger partial charge on any atom is -0.464 e. The Morgan fingerprint density at radius 3 is 2.21 bits per heavy atom. The van der Waals surface area contributed by atoms with E-state index in [4.69, 9.17) is 15.3 Å². The maximum atomic E-state index is 13.2. The lowest BCUT2D eigenvalue weighted by Crippen LogP contribution is -2.59. The first kappa shape index (κ1) is 28.7. The number of carbonyl (C=O) groups is 2. The molecule has 1 aliphatic heterocycles. The molecule has 1 saturated heterocycles. The van der Waals surface area contributed by atoms with E-state index in [-0.39, 0.29) is 37.2 Å². The third-order valence-electron chi connectivity index (χ3n) is 5.50. The molecule has 1 fully saturated rings. The number of rotatable bonds is 7. The second-order valence-corrected chi connectivity index (χ2v) is 8.40. The van der Waals surface area contributed by atoms with E-state index >= 15 is 0 Å². The van der Waals surface area contributed by atoms with Crippen molar-refractivity contribution in [2.24, 2.45) is 0 Å². The molecule has 3 rings (SSSR count). The van der Waals surface area contributed by atoms with E-state index in [0.717, 1.165) is 0 Å². The number of benzene rings is 2. The Kier molecular flexibility index (Phi) is 8.83. The van der Waals surface area contributed by atoms with Crippen LogP contribution in [0, 0.1) is 5.41 Å². The van der Waals surface area contributed by atoms with Crippen molar-refractivity contribution in [1.82, 2.24) is 21.1 Å². The van der Waals surface area contributed by atoms with Gasteiger partial charge in [-0.15, -0.1) is 0 Å². The fourth-order valence-electron chi connectivity index (χ4n) is 4.03. The van der Waals surface area contributed by atoms with Crippen molar-refractivity contribution in [3.63, 3.8) is 0 Å². The number of hydrogen-bond acceptors (Lipinski definition) is 5. The molecule has 206 valence electrons. The maximum Gasteiger partial charge on any atom is 0.423 e. The number of amidine groups is 1. The first-order valence-corrected chi connectivity index (χ1v) is 11.0. The number of hydrogen-bond donors (Lipinski definition) is 5. The summed E-state index contributed by atoms with van der Waals surface area (Å²) >= 11 is 0. The molecule has 0 saturated carbocycles. The lowest BCUT2D eigenvalue weighted by atomic mass is 9.95. The zero-order valence-corrected chi connectivity index (χ0v) is 19.5. The monoisotopic (exact) mass is 547 g/mol. The molecule has 2 aromatic carbocycles. The van der Waals surface area contributed by atoms with Crippen LogP contribution >= 0.6 is 0 Å². The minimum atomic E-state index is -5.00. The summed E-state index contributed by atoms with van der Waals surface area (Å²) in [5.74, 6) is -0.741. The van der Waals surface area contributed by atoms with Crippen LogP contribution in [0.1, 0.15) is 28.3 Å². The SMILES string of the molecule is N=C(CN1CC(=O)N[C@H](COCc2cc(C(F)(F)F)cc(C(F)(F)F)c2)[C@@H]1c1ccccc1)NNC(=O)O. The third kappa shape index (κ3) is 7.82. The minimum absolute atomic E-state index is 0.0242. The van der Waals surface area contributed by atoms with Crippen LogP contribution in [0.25, 0.3) is 0 Å². The number of ether oxygens (including phenoxy) is 1. The fourth-order valence-corrected chi connectivity index (χ4v) is 4.03. The van der Waals surface area contributed by atoms with Crippen molar-refractivity contribution in [1.29, 1.82) is 5.41 Å². The number of carbonyl (C=O) groups excluding carboxylic acids is 1. The van der Waals surface area contributed by atoms with Gasteiger partial charge in [-0.05, 0) is 29.3 Å². The number of hydrazine groups is 1. The molecule has 0 unspecified atom stereocenters. The number of piperazine rings is 1. The van der Waals surface area contributed by atoms with Gasteiger partial charge in [0.1, 0.15) is 5.84 Å². The highest BCUT2D eigenvalue weighted by Crippen LogP contribution is 2.36. The summed E-state index contributed by atoms with van der Waals surface area (Å²) in [4.78, 5) is 24.6. The summed E-state index contributed by atoms with van der Waals surface area (Å²) < 4.78 is 84.4. The summed E-state index contributed by atoms with van der Waals surface area (Å²) in [5, 5.41) is 19.4. The first-order valence-electron chi connectivity index (χ1n) is 11.0. The summed E-state index contributed by atoms with van der Waals surface area (Å²) in [7, 11) is 0. The van der Waals surface area contributed by atoms with Gasteiger partial charge in [0.05, 0.1) is 49.5 Å². The van der Waals surface area contributed by atoms with Gasteiger partial charge in [-0.1, -0.05) is 30.3 Å². The van der Waals surface area contributed by atoms with Gasteiger partial charge in [0, 0.05) is 0 Å². The molecule has 15 heteroatoms. The third-order valence-corrected chi connectivity index (χ3v) is 5.50. The summed E-state index contributed by atoms with van der Waals surface area (Å²) in [5.41, 5.74) is 1.39. The zero-order valence-electron chi connectivity index (χ0n) is 19.5. The molecule has 9 nitrogen and oxygen atoms in total. The van der Waals surface area contributed by atoms with Gasteiger partial charge in [-0.3, -0.25) is 20.5 Å². The van der Waals surface area contributed by atoms with Crippen molar-refractivity contribution in [2.45, 2.75) is 31.0 Å². The Labute approximate surface area is 212 Å². The predicted molar refractivity (Wildman–Crippen MR) is 121 cm³/mol. The van der Waals surface area contributed by atoms with Crippen LogP contribution in [0.5, 0.6) is 0 Å². The first-order chi connectivity index (χ1) is 17.7. The van der Waals surface area contributed by atoms with Gasteiger partial charge in [0.25, 0.3) is 0 Å². The fraction of sp³-hybridized carbons (Fsp3) is 0.348. The normalized spacial score (nSPS) is 18.5. The van der Waals surface area contributed by atoms with Crippen LogP contribution in [0.3, 0.4) is 0 Å². The molecular formula is C23H23F6N5O4. The van der Waals surface area contributed by atoms with Crippen LogP contribution in [0.2, 0.25) is 0 Å². The van der Waals surface area contributed by atoms with Crippen LogP contribution in [0.4, 0.5) is 31.1 Å². The Morgan fingerprint density at radius 1 is 1.05 bits per heavy atom. The Hall–Kier alpha value is -3.85. The molecule has 0 bridgehead atoms. The van der Waals surface area contributed by atoms with Crippen LogP contribution in [-0.4, -0.2) is 53.6 Å². The highest BCUT2D eigenvalue weighted by atomic mass is 19.4. The number of carboxylic acid groups (broad SMARTS) is 1. The van der Waals surface area contributed by atoms with Crippen LogP contribution in [0.15, 0.2) is 48.5 Å². The number of amides is 2. The smallest absolute Gasteiger partial charge is 0.423 e. The van der Waals surface area contributed by atoms with Crippen molar-refractivity contribution in [3.8, 4) is 0 Å². The van der Waals surface area contributed by atoms with E-state index in [0.29, 0.717) is 17.7 Å². The predicted octanol–water partition coefficient (Wildman–Crippen LogP) is 3.53. The lowest BCUT2D eigenvalue weighted by Gasteiger charge is -2.41. The largest absolute Gasteiger partial charge is 0.464 e. The second kappa shape index (κ2) is 11.7. The molecule has 0 radical (unpaired) electrons. The Bertz CT molecular complexity index is 1130. The van der Waals surface area contributed by atoms with Crippen molar-refractivity contribution < 1.29 is 45.8 Å². The van der Waals surface area contributed by atoms with Crippen LogP contribution in [-0.2, 0) is 28.5 Å². The van der Waals surface area contributed by atoms with Gasteiger partial charge in [-0.25, -0.2) is 10.2 Å². The quantitative estimate of drug-likeness (QED) is 0.156. The molecule has 38 heavy (non-hydrogen) atoms. The highest BCUT2D eigenvalue weighted by Gasteiger charge is 2.38. The number of nitrogens with zero attached hydrogens (tertiary/aromatic N) is 1. The van der Waals surface area contributed by atoms with Gasteiger partial charge >= 0.3 is 18.4 Å². The van der Waals surface area contributed by atoms with Gasteiger partial charge < -0.3 is 15.2 Å². The molecule has 2 amide bonds. The average Bonchev–Trinajstić information content (AvgIpc) is 2.82. The molecule has 0 aromatic heterocycles. The summed E-state index contributed by atoms with van der Waals surface area (Å²) in [6, 6.07) is 8.39. The Morgan fingerprint density at radius 2 is 1.66 bits per heavy atom. The summed E-state index contributed by atoms with van der Waals surface area (Å²) in [6.45, 7) is -1.24. The van der Waals surface area contributed by atoms with Crippen molar-refractivity contribution in [3.05, 3.63) is 70.8 Å². The molecule has 0 aliphatic carbocycles. The number of nitrogens with one attached hydrogen (secondary N) is 4. The molecule has 0 spiro atoms. The highest BCUT2D eigenvalue weighted by molar-refractivity contribution is 5.84. The van der Waals surface area contributed by atoms with E-state index in [1.165, 1.54) is 0 Å². The van der Waals surface area contributed by atoms with Crippen molar-refractivity contribution in [2.75, 3.05) is 19.7 Å². The topological polar surface area (TPSA) is 127 Å². The molecule has 2 atom stereocenters. The molecule has 5 N–H and O–H groups in total. The van der Waals surface area contributed by atoms with E-state index in [1.54, 1.807) is 35.2 Å². The van der Waals surface area contributed by atoms with Crippen molar-refractivity contribution >= 4 is 17.8 Å². The van der Waals surface area contributed by atoms with E-state index < -0.39 is 54.2 Å². The number of alkyl halides is 6. The molecule has 2 aromatic rings. The molecular weight excluding hydrogens is 524 g/mol. The standard InChI is InChI=1S/C23H23F6N5O4/c24-22(25,26)15-6-13(7-16(8-15)23(27,28)29)11-38-12-17-20(14-4-2-1-3-5-14)34(10-19(35)31-17)9-18(30)32-33-21(36)37/h1-8,17,20,33H,9-12H2,(H2,30,32)(H,31,35)(H,36,37)/t17-,20+/m1/s1. The molecule has 1 heterocycles. The van der Waals surface area contributed by atoms with Gasteiger partial charge in [0.2, 0.25) is 5.91 Å². The zero-order chi connectivity index (χ0) is 28.1. The maximum absolute atomic E-state index is 13.2. The van der Waals surface area contributed by atoms with E-state index in [2.05, 4.69) is 10.7 Å².